The topological polar surface area (TPSA) is 63.8 Å². The van der Waals surface area contributed by atoms with E-state index in [1.807, 2.05) is 42.6 Å². The average Bonchev–Trinajstić information content (AvgIpc) is 2.53. The Balaban J connectivity index is 1.98. The predicted molar refractivity (Wildman–Crippen MR) is 87.4 cm³/mol. The van der Waals surface area contributed by atoms with Gasteiger partial charge in [0.05, 0.1) is 17.3 Å². The maximum Gasteiger partial charge on any atom is 0.0731 e. The van der Waals surface area contributed by atoms with Crippen molar-refractivity contribution in [3.8, 4) is 0 Å². The van der Waals surface area contributed by atoms with E-state index in [0.29, 0.717) is 0 Å². The molecule has 0 aliphatic rings. The van der Waals surface area contributed by atoms with E-state index in [1.54, 1.807) is 6.20 Å². The Bertz CT molecular complexity index is 755. The molecule has 1 aromatic carbocycles. The summed E-state index contributed by atoms with van der Waals surface area (Å²) in [5, 5.41) is 1.15. The molecule has 0 saturated heterocycles. The second-order valence-corrected chi connectivity index (χ2v) is 5.64. The highest BCUT2D eigenvalue weighted by Crippen LogP contribution is 2.26. The molecular formula is C16H15BrN4. The molecule has 0 aliphatic heterocycles. The number of para-hydroxylation sites is 1. The minimum atomic E-state index is -0.0635. The van der Waals surface area contributed by atoms with Crippen LogP contribution in [-0.4, -0.2) is 9.97 Å². The number of aromatic nitrogens is 2. The number of nitrogens with zero attached hydrogens (tertiary/aromatic N) is 2. The van der Waals surface area contributed by atoms with Gasteiger partial charge >= 0.3 is 0 Å². The maximum atomic E-state index is 5.74. The zero-order valence-electron chi connectivity index (χ0n) is 11.3. The summed E-state index contributed by atoms with van der Waals surface area (Å²) in [6, 6.07) is 13.9. The van der Waals surface area contributed by atoms with Gasteiger partial charge in [-0.25, -0.2) is 0 Å². The normalized spacial score (nSPS) is 12.5. The maximum absolute atomic E-state index is 5.74. The van der Waals surface area contributed by atoms with Gasteiger partial charge in [0.2, 0.25) is 0 Å². The SMILES string of the molecule is NNC(Cc1ccnc2ccccc12)c1ncccc1Br. The van der Waals surface area contributed by atoms with Crippen molar-refractivity contribution < 1.29 is 0 Å². The molecule has 5 heteroatoms. The van der Waals surface area contributed by atoms with Crippen LogP contribution in [0, 0.1) is 0 Å². The number of halogens is 1. The van der Waals surface area contributed by atoms with Crippen LogP contribution in [0.3, 0.4) is 0 Å². The van der Waals surface area contributed by atoms with Crippen LogP contribution in [0.4, 0.5) is 0 Å². The van der Waals surface area contributed by atoms with Crippen molar-refractivity contribution in [3.63, 3.8) is 0 Å². The Hall–Kier alpha value is -1.82. The van der Waals surface area contributed by atoms with Crippen molar-refractivity contribution in [2.24, 2.45) is 5.84 Å². The van der Waals surface area contributed by atoms with Crippen LogP contribution in [-0.2, 0) is 6.42 Å². The number of benzene rings is 1. The molecule has 1 unspecified atom stereocenters. The zero-order valence-corrected chi connectivity index (χ0v) is 12.9. The number of hydrogen-bond acceptors (Lipinski definition) is 4. The lowest BCUT2D eigenvalue weighted by molar-refractivity contribution is 0.537. The Morgan fingerprint density at radius 1 is 1.05 bits per heavy atom. The van der Waals surface area contributed by atoms with Gasteiger partial charge in [0, 0.05) is 22.3 Å². The summed E-state index contributed by atoms with van der Waals surface area (Å²) >= 11 is 3.53. The highest BCUT2D eigenvalue weighted by molar-refractivity contribution is 9.10. The molecule has 0 bridgehead atoms. The Morgan fingerprint density at radius 3 is 2.71 bits per heavy atom. The second-order valence-electron chi connectivity index (χ2n) is 4.78. The number of hydrazine groups is 1. The lowest BCUT2D eigenvalue weighted by atomic mass is 10.00. The molecule has 2 heterocycles. The van der Waals surface area contributed by atoms with Gasteiger partial charge in [0.15, 0.2) is 0 Å². The third-order valence-corrected chi connectivity index (χ3v) is 4.15. The molecule has 1 atom stereocenters. The summed E-state index contributed by atoms with van der Waals surface area (Å²) in [6.07, 6.45) is 4.35. The predicted octanol–water partition coefficient (Wildman–Crippen LogP) is 3.14. The summed E-state index contributed by atoms with van der Waals surface area (Å²) in [5.74, 6) is 5.74. The fraction of sp³-hybridized carbons (Fsp3) is 0.125. The molecule has 0 saturated carbocycles. The van der Waals surface area contributed by atoms with Crippen molar-refractivity contribution in [2.75, 3.05) is 0 Å². The standard InChI is InChI=1S/C16H15BrN4/c17-13-5-3-8-20-16(13)15(21-18)10-11-7-9-19-14-6-2-1-4-12(11)14/h1-9,15,21H,10,18H2. The van der Waals surface area contributed by atoms with Crippen LogP contribution < -0.4 is 11.3 Å². The van der Waals surface area contributed by atoms with Crippen LogP contribution in [0.25, 0.3) is 10.9 Å². The Kier molecular flexibility index (Phi) is 4.24. The molecule has 0 amide bonds. The molecule has 21 heavy (non-hydrogen) atoms. The number of hydrogen-bond donors (Lipinski definition) is 2. The van der Waals surface area contributed by atoms with Gasteiger partial charge < -0.3 is 0 Å². The van der Waals surface area contributed by atoms with Gasteiger partial charge in [-0.05, 0) is 52.2 Å². The van der Waals surface area contributed by atoms with Crippen LogP contribution in [0.5, 0.6) is 0 Å². The van der Waals surface area contributed by atoms with Crippen LogP contribution >= 0.6 is 15.9 Å². The summed E-state index contributed by atoms with van der Waals surface area (Å²) in [7, 11) is 0. The number of rotatable bonds is 4. The van der Waals surface area contributed by atoms with Crippen molar-refractivity contribution in [1.82, 2.24) is 15.4 Å². The minimum Gasteiger partial charge on any atom is -0.271 e. The fourth-order valence-corrected chi connectivity index (χ4v) is 2.97. The largest absolute Gasteiger partial charge is 0.271 e. The van der Waals surface area contributed by atoms with Gasteiger partial charge in [-0.2, -0.15) is 0 Å². The van der Waals surface area contributed by atoms with Gasteiger partial charge in [0.1, 0.15) is 0 Å². The van der Waals surface area contributed by atoms with Crippen LogP contribution in [0.1, 0.15) is 17.3 Å². The van der Waals surface area contributed by atoms with E-state index >= 15 is 0 Å². The van der Waals surface area contributed by atoms with Crippen LogP contribution in [0.2, 0.25) is 0 Å². The molecular weight excluding hydrogens is 328 g/mol. The summed E-state index contributed by atoms with van der Waals surface area (Å²) < 4.78 is 0.950. The van der Waals surface area contributed by atoms with Gasteiger partial charge in [-0.3, -0.25) is 21.2 Å². The van der Waals surface area contributed by atoms with E-state index in [9.17, 15) is 0 Å². The van der Waals surface area contributed by atoms with E-state index < -0.39 is 0 Å². The Labute approximate surface area is 131 Å². The van der Waals surface area contributed by atoms with E-state index in [4.69, 9.17) is 5.84 Å². The summed E-state index contributed by atoms with van der Waals surface area (Å²) in [4.78, 5) is 8.81. The van der Waals surface area contributed by atoms with Crippen molar-refractivity contribution in [1.29, 1.82) is 0 Å². The van der Waals surface area contributed by atoms with Gasteiger partial charge in [-0.1, -0.05) is 18.2 Å². The number of nitrogens with one attached hydrogen (secondary N) is 1. The molecule has 3 aromatic rings. The number of fused-ring (bicyclic) bond motifs is 1. The number of nitrogens with two attached hydrogens (primary N) is 1. The molecule has 106 valence electrons. The van der Waals surface area contributed by atoms with Crippen molar-refractivity contribution in [2.45, 2.75) is 12.5 Å². The van der Waals surface area contributed by atoms with E-state index in [0.717, 1.165) is 27.5 Å². The third-order valence-electron chi connectivity index (χ3n) is 3.48. The molecule has 0 aliphatic carbocycles. The second kappa shape index (κ2) is 6.30. The quantitative estimate of drug-likeness (QED) is 0.564. The first-order valence-corrected chi connectivity index (χ1v) is 7.48. The Morgan fingerprint density at radius 2 is 1.90 bits per heavy atom. The van der Waals surface area contributed by atoms with E-state index in [1.165, 1.54) is 5.56 Å². The molecule has 0 fully saturated rings. The molecule has 0 radical (unpaired) electrons. The monoisotopic (exact) mass is 342 g/mol. The average molecular weight is 343 g/mol. The molecule has 3 N–H and O–H groups in total. The highest BCUT2D eigenvalue weighted by Gasteiger charge is 2.16. The van der Waals surface area contributed by atoms with Crippen LogP contribution in [0.15, 0.2) is 59.3 Å². The van der Waals surface area contributed by atoms with Crippen molar-refractivity contribution >= 4 is 26.8 Å². The smallest absolute Gasteiger partial charge is 0.0731 e. The molecule has 0 spiro atoms. The lowest BCUT2D eigenvalue weighted by Crippen LogP contribution is -2.30. The lowest BCUT2D eigenvalue weighted by Gasteiger charge is -2.17. The van der Waals surface area contributed by atoms with Gasteiger partial charge in [-0.15, -0.1) is 0 Å². The van der Waals surface area contributed by atoms with E-state index in [-0.39, 0.29) is 6.04 Å². The highest BCUT2D eigenvalue weighted by atomic mass is 79.9. The summed E-state index contributed by atoms with van der Waals surface area (Å²) in [6.45, 7) is 0. The van der Waals surface area contributed by atoms with Gasteiger partial charge in [0.25, 0.3) is 0 Å². The third kappa shape index (κ3) is 2.95. The number of pyridine rings is 2. The molecule has 2 aromatic heterocycles. The fourth-order valence-electron chi connectivity index (χ4n) is 2.44. The first-order valence-electron chi connectivity index (χ1n) is 6.69. The van der Waals surface area contributed by atoms with E-state index in [2.05, 4.69) is 37.4 Å². The summed E-state index contributed by atoms with van der Waals surface area (Å²) in [5.41, 5.74) is 5.95. The first kappa shape index (κ1) is 14.1. The van der Waals surface area contributed by atoms with Crippen molar-refractivity contribution in [3.05, 3.63) is 70.6 Å². The minimum absolute atomic E-state index is 0.0635. The zero-order chi connectivity index (χ0) is 14.7. The first-order chi connectivity index (χ1) is 10.3. The molecule has 3 rings (SSSR count). The molecule has 4 nitrogen and oxygen atoms in total.